The minimum absolute atomic E-state index is 0.197. The Morgan fingerprint density at radius 2 is 2.00 bits per heavy atom. The van der Waals surface area contributed by atoms with E-state index in [4.69, 9.17) is 15.5 Å². The number of carbonyl (C=O) groups excluding carboxylic acids is 1. The molecule has 28 heavy (non-hydrogen) atoms. The SMILES string of the molecule is COc1ccc(-c2nc3cc(C)ccc3cc2CN2CCC[C@H]2C(N)=O)cc1. The van der Waals surface area contributed by atoms with Crippen LogP contribution < -0.4 is 10.5 Å². The first-order chi connectivity index (χ1) is 13.5. The minimum atomic E-state index is -0.243. The molecule has 1 amide bonds. The fourth-order valence-electron chi connectivity index (χ4n) is 4.00. The summed E-state index contributed by atoms with van der Waals surface area (Å²) in [7, 11) is 1.66. The molecule has 1 aliphatic heterocycles. The molecule has 0 unspecified atom stereocenters. The van der Waals surface area contributed by atoms with Crippen molar-refractivity contribution in [3.8, 4) is 17.0 Å². The number of fused-ring (bicyclic) bond motifs is 1. The molecule has 1 saturated heterocycles. The number of pyridine rings is 1. The van der Waals surface area contributed by atoms with Gasteiger partial charge in [-0.15, -0.1) is 0 Å². The van der Waals surface area contributed by atoms with Gasteiger partial charge in [-0.1, -0.05) is 12.1 Å². The molecule has 5 heteroatoms. The lowest BCUT2D eigenvalue weighted by Gasteiger charge is -2.23. The molecule has 2 heterocycles. The van der Waals surface area contributed by atoms with E-state index in [0.29, 0.717) is 6.54 Å². The summed E-state index contributed by atoms with van der Waals surface area (Å²) in [5.74, 6) is 0.572. The van der Waals surface area contributed by atoms with Crippen molar-refractivity contribution in [3.05, 3.63) is 59.7 Å². The molecule has 1 fully saturated rings. The number of carbonyl (C=O) groups is 1. The Hall–Kier alpha value is -2.92. The highest BCUT2D eigenvalue weighted by atomic mass is 16.5. The number of likely N-dealkylation sites (tertiary alicyclic amines) is 1. The zero-order valence-corrected chi connectivity index (χ0v) is 16.3. The van der Waals surface area contributed by atoms with E-state index in [1.807, 2.05) is 24.3 Å². The van der Waals surface area contributed by atoms with Crippen molar-refractivity contribution >= 4 is 16.8 Å². The predicted octanol–water partition coefficient (Wildman–Crippen LogP) is 3.67. The molecule has 144 valence electrons. The summed E-state index contributed by atoms with van der Waals surface area (Å²) in [5, 5.41) is 1.10. The number of ether oxygens (including phenoxy) is 1. The summed E-state index contributed by atoms with van der Waals surface area (Å²) < 4.78 is 5.29. The zero-order valence-electron chi connectivity index (χ0n) is 16.3. The second kappa shape index (κ2) is 7.60. The van der Waals surface area contributed by atoms with Gasteiger partial charge in [0.25, 0.3) is 0 Å². The van der Waals surface area contributed by atoms with E-state index in [2.05, 4.69) is 36.1 Å². The van der Waals surface area contributed by atoms with Crippen LogP contribution in [0.15, 0.2) is 48.5 Å². The summed E-state index contributed by atoms with van der Waals surface area (Å²) in [6.07, 6.45) is 1.82. The highest BCUT2D eigenvalue weighted by Crippen LogP contribution is 2.30. The second-order valence-corrected chi connectivity index (χ2v) is 7.45. The maximum atomic E-state index is 11.8. The van der Waals surface area contributed by atoms with Gasteiger partial charge in [0.1, 0.15) is 5.75 Å². The molecule has 0 saturated carbocycles. The summed E-state index contributed by atoms with van der Waals surface area (Å²) >= 11 is 0. The van der Waals surface area contributed by atoms with E-state index in [0.717, 1.165) is 52.9 Å². The number of nitrogens with two attached hydrogens (primary N) is 1. The molecule has 0 aliphatic carbocycles. The third-order valence-electron chi connectivity index (χ3n) is 5.48. The third-order valence-corrected chi connectivity index (χ3v) is 5.48. The lowest BCUT2D eigenvalue weighted by molar-refractivity contribution is -0.122. The Bertz CT molecular complexity index is 1010. The predicted molar refractivity (Wildman–Crippen MR) is 111 cm³/mol. The number of rotatable bonds is 5. The van der Waals surface area contributed by atoms with Gasteiger partial charge in [-0.3, -0.25) is 9.69 Å². The van der Waals surface area contributed by atoms with Gasteiger partial charge in [-0.25, -0.2) is 4.98 Å². The summed E-state index contributed by atoms with van der Waals surface area (Å²) in [6.45, 7) is 3.61. The molecular weight excluding hydrogens is 350 g/mol. The number of hydrogen-bond acceptors (Lipinski definition) is 4. The van der Waals surface area contributed by atoms with Crippen LogP contribution in [0.3, 0.4) is 0 Å². The Morgan fingerprint density at radius 3 is 2.71 bits per heavy atom. The molecule has 3 aromatic rings. The first-order valence-electron chi connectivity index (χ1n) is 9.63. The highest BCUT2D eigenvalue weighted by Gasteiger charge is 2.29. The monoisotopic (exact) mass is 375 g/mol. The normalized spacial score (nSPS) is 17.1. The number of methoxy groups -OCH3 is 1. The number of hydrogen-bond donors (Lipinski definition) is 1. The third kappa shape index (κ3) is 3.58. The number of primary amides is 1. The topological polar surface area (TPSA) is 68.4 Å². The first kappa shape index (κ1) is 18.4. The van der Waals surface area contributed by atoms with Crippen LogP contribution in [0.2, 0.25) is 0 Å². The average molecular weight is 375 g/mol. The first-order valence-corrected chi connectivity index (χ1v) is 9.63. The quantitative estimate of drug-likeness (QED) is 0.739. The number of aryl methyl sites for hydroxylation is 1. The standard InChI is InChI=1S/C23H25N3O2/c1-15-5-6-17-13-18(14-26-11-3-4-21(26)23(24)27)22(25-20(17)12-15)16-7-9-19(28-2)10-8-16/h5-10,12-13,21H,3-4,11,14H2,1-2H3,(H2,24,27)/t21-/m0/s1. The summed E-state index contributed by atoms with van der Waals surface area (Å²) in [6, 6.07) is 16.3. The van der Waals surface area contributed by atoms with Gasteiger partial charge in [0, 0.05) is 17.5 Å². The zero-order chi connectivity index (χ0) is 19.7. The van der Waals surface area contributed by atoms with E-state index >= 15 is 0 Å². The Morgan fingerprint density at radius 1 is 1.21 bits per heavy atom. The van der Waals surface area contributed by atoms with Crippen LogP contribution in [0.25, 0.3) is 22.2 Å². The number of benzene rings is 2. The van der Waals surface area contributed by atoms with E-state index in [9.17, 15) is 4.79 Å². The van der Waals surface area contributed by atoms with Crippen LogP contribution in [0.1, 0.15) is 24.0 Å². The van der Waals surface area contributed by atoms with Crippen LogP contribution in [0.4, 0.5) is 0 Å². The maximum absolute atomic E-state index is 11.8. The summed E-state index contributed by atoms with van der Waals surface area (Å²) in [5.41, 5.74) is 10.9. The van der Waals surface area contributed by atoms with Crippen LogP contribution in [0, 0.1) is 6.92 Å². The number of amides is 1. The van der Waals surface area contributed by atoms with E-state index in [1.165, 1.54) is 5.56 Å². The van der Waals surface area contributed by atoms with E-state index < -0.39 is 0 Å². The fourth-order valence-corrected chi connectivity index (χ4v) is 4.00. The lowest BCUT2D eigenvalue weighted by Crippen LogP contribution is -2.39. The van der Waals surface area contributed by atoms with Gasteiger partial charge in [-0.05, 0) is 73.8 Å². The lowest BCUT2D eigenvalue weighted by atomic mass is 10.0. The van der Waals surface area contributed by atoms with Crippen LogP contribution in [0.5, 0.6) is 5.75 Å². The largest absolute Gasteiger partial charge is 0.497 e. The molecule has 5 nitrogen and oxygen atoms in total. The highest BCUT2D eigenvalue weighted by molar-refractivity contribution is 5.84. The molecule has 2 N–H and O–H groups in total. The molecule has 1 aromatic heterocycles. The van der Waals surface area contributed by atoms with Crippen molar-refractivity contribution in [1.29, 1.82) is 0 Å². The van der Waals surface area contributed by atoms with Crippen molar-refractivity contribution in [2.45, 2.75) is 32.4 Å². The summed E-state index contributed by atoms with van der Waals surface area (Å²) in [4.78, 5) is 19.0. The van der Waals surface area contributed by atoms with Gasteiger partial charge in [0.15, 0.2) is 0 Å². The average Bonchev–Trinajstić information content (AvgIpc) is 3.16. The van der Waals surface area contributed by atoms with Crippen molar-refractivity contribution in [1.82, 2.24) is 9.88 Å². The van der Waals surface area contributed by atoms with E-state index in [-0.39, 0.29) is 11.9 Å². The van der Waals surface area contributed by atoms with E-state index in [1.54, 1.807) is 7.11 Å². The van der Waals surface area contributed by atoms with Gasteiger partial charge >= 0.3 is 0 Å². The van der Waals surface area contributed by atoms with Crippen LogP contribution in [-0.4, -0.2) is 35.5 Å². The molecular formula is C23H25N3O2. The smallest absolute Gasteiger partial charge is 0.234 e. The molecule has 1 atom stereocenters. The second-order valence-electron chi connectivity index (χ2n) is 7.45. The van der Waals surface area contributed by atoms with Crippen LogP contribution >= 0.6 is 0 Å². The Labute approximate surface area is 165 Å². The molecule has 4 rings (SSSR count). The van der Waals surface area contributed by atoms with Crippen molar-refractivity contribution in [2.24, 2.45) is 5.73 Å². The maximum Gasteiger partial charge on any atom is 0.234 e. The van der Waals surface area contributed by atoms with Crippen molar-refractivity contribution < 1.29 is 9.53 Å². The molecule has 0 radical (unpaired) electrons. The fraction of sp³-hybridized carbons (Fsp3) is 0.304. The minimum Gasteiger partial charge on any atom is -0.497 e. The van der Waals surface area contributed by atoms with Gasteiger partial charge in [0.2, 0.25) is 5.91 Å². The van der Waals surface area contributed by atoms with Gasteiger partial charge in [-0.2, -0.15) is 0 Å². The Kier molecular flexibility index (Phi) is 5.01. The van der Waals surface area contributed by atoms with Crippen molar-refractivity contribution in [2.75, 3.05) is 13.7 Å². The molecule has 0 spiro atoms. The van der Waals surface area contributed by atoms with Crippen molar-refractivity contribution in [3.63, 3.8) is 0 Å². The van der Waals surface area contributed by atoms with Crippen LogP contribution in [-0.2, 0) is 11.3 Å². The molecule has 1 aliphatic rings. The van der Waals surface area contributed by atoms with Gasteiger partial charge in [0.05, 0.1) is 24.4 Å². The molecule has 0 bridgehead atoms. The Balaban J connectivity index is 1.80. The van der Waals surface area contributed by atoms with Gasteiger partial charge < -0.3 is 10.5 Å². The number of nitrogens with zero attached hydrogens (tertiary/aromatic N) is 2. The number of aromatic nitrogens is 1. The molecule has 2 aromatic carbocycles.